The van der Waals surface area contributed by atoms with Gasteiger partial charge < -0.3 is 16.2 Å². The van der Waals surface area contributed by atoms with Gasteiger partial charge in [-0.15, -0.1) is 0 Å². The molecule has 0 aliphatic rings. The molecule has 4 N–H and O–H groups in total. The molecule has 1 aromatic carbocycles. The number of thioether (sulfide) groups is 1. The van der Waals surface area contributed by atoms with Gasteiger partial charge in [0.1, 0.15) is 12.8 Å². The molecule has 1 aromatic rings. The second-order valence-corrected chi connectivity index (χ2v) is 6.60. The van der Waals surface area contributed by atoms with Crippen molar-refractivity contribution in [2.45, 2.75) is 17.0 Å². The molecule has 0 fully saturated rings. The van der Waals surface area contributed by atoms with Crippen LogP contribution >= 0.6 is 35.0 Å². The molecule has 0 aliphatic heterocycles. The predicted octanol–water partition coefficient (Wildman–Crippen LogP) is 3.11. The predicted molar refractivity (Wildman–Crippen MR) is 94.8 cm³/mol. The molecule has 0 saturated heterocycles. The topological polar surface area (TPSA) is 75.3 Å². The number of amides is 1. The molecule has 1 amide bonds. The molecule has 0 unspecified atom stereocenters. The number of alkyl halides is 3. The van der Waals surface area contributed by atoms with Gasteiger partial charge in [-0.05, 0) is 16.5 Å². The van der Waals surface area contributed by atoms with E-state index in [-0.39, 0.29) is 0 Å². The zero-order valence-electron chi connectivity index (χ0n) is 12.1. The van der Waals surface area contributed by atoms with Gasteiger partial charge in [-0.1, -0.05) is 65.8 Å². The Balaban J connectivity index is 2.80. The van der Waals surface area contributed by atoms with Crippen LogP contribution in [0.3, 0.4) is 0 Å². The summed E-state index contributed by atoms with van der Waals surface area (Å²) in [6.07, 6.45) is 0.179. The molecule has 0 bridgehead atoms. The van der Waals surface area contributed by atoms with Crippen LogP contribution in [0.4, 0.5) is 4.39 Å². The van der Waals surface area contributed by atoms with E-state index in [1.165, 1.54) is 18.0 Å². The fraction of sp³-hybridized carbons (Fsp3) is 0.267. The van der Waals surface area contributed by atoms with E-state index in [9.17, 15) is 14.3 Å². The summed E-state index contributed by atoms with van der Waals surface area (Å²) in [4.78, 5) is 10.9. The number of hydrogen-bond acceptors (Lipinski definition) is 4. The van der Waals surface area contributed by atoms with E-state index in [0.29, 0.717) is 5.56 Å². The lowest BCUT2D eigenvalue weighted by molar-refractivity contribution is -0.121. The highest BCUT2D eigenvalue weighted by Crippen LogP contribution is 2.28. The maximum Gasteiger partial charge on any atom is 0.253 e. The molecule has 0 aromatic heterocycles. The summed E-state index contributed by atoms with van der Waals surface area (Å²) >= 11 is 12.2. The van der Waals surface area contributed by atoms with Gasteiger partial charge in [-0.25, -0.2) is 4.39 Å². The molecule has 8 heteroatoms. The number of hydrogen-bond donors (Lipinski definition) is 3. The number of nitrogens with two attached hydrogens (primary N) is 1. The van der Waals surface area contributed by atoms with Gasteiger partial charge in [0.2, 0.25) is 0 Å². The molecule has 0 saturated carbocycles. The quantitative estimate of drug-likeness (QED) is 0.607. The number of carbonyl (C=O) groups excluding carboxylic acids is 1. The summed E-state index contributed by atoms with van der Waals surface area (Å²) in [5.74, 6) is -0.759. The maximum atomic E-state index is 13.1. The Morgan fingerprint density at radius 2 is 2.04 bits per heavy atom. The summed E-state index contributed by atoms with van der Waals surface area (Å²) < 4.78 is 13.1. The third-order valence-corrected chi connectivity index (χ3v) is 4.15. The minimum atomic E-state index is -1.32. The fourth-order valence-electron chi connectivity index (χ4n) is 1.74. The lowest BCUT2D eigenvalue weighted by Gasteiger charge is -2.22. The third kappa shape index (κ3) is 6.06. The second kappa shape index (κ2) is 9.82. The molecule has 2 atom stereocenters. The van der Waals surface area contributed by atoms with Crippen molar-refractivity contribution in [3.05, 3.63) is 53.6 Å². The molecule has 126 valence electrons. The van der Waals surface area contributed by atoms with Crippen molar-refractivity contribution in [2.24, 2.45) is 5.73 Å². The largest absolute Gasteiger partial charge is 0.404 e. The molecule has 1 rings (SSSR count). The first-order chi connectivity index (χ1) is 10.9. The van der Waals surface area contributed by atoms with Crippen LogP contribution in [-0.4, -0.2) is 28.6 Å². The fourth-order valence-corrected chi connectivity index (χ4v) is 2.38. The Morgan fingerprint density at radius 3 is 2.52 bits per heavy atom. The molecule has 0 spiro atoms. The summed E-state index contributed by atoms with van der Waals surface area (Å²) in [5.41, 5.74) is 6.55. The maximum absolute atomic E-state index is 13.1. The Bertz CT molecular complexity index is 567. The Morgan fingerprint density at radius 1 is 1.43 bits per heavy atom. The van der Waals surface area contributed by atoms with Crippen LogP contribution in [0.2, 0.25) is 0 Å². The zero-order valence-corrected chi connectivity index (χ0v) is 14.4. The Hall–Kier alpha value is -1.21. The average molecular weight is 379 g/mol. The van der Waals surface area contributed by atoms with Crippen molar-refractivity contribution in [3.63, 3.8) is 0 Å². The standard InChI is InChI=1S/C15H17Cl2FN2O2S/c1-9(23-7-6-19)10-2-4-11(5-3-10)13(21)12(8-18)20-15(22)14(16)17/h2-7,12-14,21H,1,8,19H2,(H,20,22)/b7-6-/t12-,13-/m1/s1. The van der Waals surface area contributed by atoms with Gasteiger partial charge >= 0.3 is 0 Å². The van der Waals surface area contributed by atoms with Gasteiger partial charge in [0.15, 0.2) is 4.84 Å². The van der Waals surface area contributed by atoms with E-state index in [0.717, 1.165) is 10.5 Å². The van der Waals surface area contributed by atoms with Crippen LogP contribution in [0.1, 0.15) is 17.2 Å². The van der Waals surface area contributed by atoms with Crippen LogP contribution in [0.15, 0.2) is 42.5 Å². The van der Waals surface area contributed by atoms with Crippen molar-refractivity contribution >= 4 is 45.8 Å². The van der Waals surface area contributed by atoms with Gasteiger partial charge in [0.05, 0.1) is 6.04 Å². The number of benzene rings is 1. The van der Waals surface area contributed by atoms with E-state index in [1.807, 2.05) is 0 Å². The molecule has 0 radical (unpaired) electrons. The first-order valence-corrected chi connectivity index (χ1v) is 8.31. The smallest absolute Gasteiger partial charge is 0.253 e. The van der Waals surface area contributed by atoms with Crippen LogP contribution in [-0.2, 0) is 4.79 Å². The van der Waals surface area contributed by atoms with Gasteiger partial charge in [-0.3, -0.25) is 4.79 Å². The lowest BCUT2D eigenvalue weighted by atomic mass is 10.0. The van der Waals surface area contributed by atoms with E-state index >= 15 is 0 Å². The first kappa shape index (κ1) is 19.8. The highest BCUT2D eigenvalue weighted by Gasteiger charge is 2.25. The molecule has 0 aliphatic carbocycles. The number of halogens is 3. The van der Waals surface area contributed by atoms with E-state index in [2.05, 4.69) is 11.9 Å². The third-order valence-electron chi connectivity index (χ3n) is 2.94. The highest BCUT2D eigenvalue weighted by molar-refractivity contribution is 8.10. The number of rotatable bonds is 8. The minimum Gasteiger partial charge on any atom is -0.404 e. The zero-order chi connectivity index (χ0) is 17.4. The lowest BCUT2D eigenvalue weighted by Crippen LogP contribution is -2.43. The van der Waals surface area contributed by atoms with Gasteiger partial charge in [0, 0.05) is 11.1 Å². The summed E-state index contributed by atoms with van der Waals surface area (Å²) in [6, 6.07) is 5.60. The summed E-state index contributed by atoms with van der Waals surface area (Å²) in [7, 11) is 0. The van der Waals surface area contributed by atoms with Crippen molar-refractivity contribution in [1.82, 2.24) is 5.32 Å². The van der Waals surface area contributed by atoms with Crippen molar-refractivity contribution in [3.8, 4) is 0 Å². The Labute approximate surface area is 148 Å². The SMILES string of the molecule is C=C(S/C=C\N)c1ccc([C@@H](O)[C@@H](CF)NC(=O)C(Cl)Cl)cc1. The highest BCUT2D eigenvalue weighted by atomic mass is 35.5. The van der Waals surface area contributed by atoms with Crippen LogP contribution in [0.25, 0.3) is 4.91 Å². The molecule has 0 heterocycles. The van der Waals surface area contributed by atoms with Crippen molar-refractivity contribution in [1.29, 1.82) is 0 Å². The van der Waals surface area contributed by atoms with Crippen LogP contribution in [0, 0.1) is 0 Å². The molecular formula is C15H17Cl2FN2O2S. The molecule has 23 heavy (non-hydrogen) atoms. The Kier molecular flexibility index (Phi) is 8.47. The average Bonchev–Trinajstić information content (AvgIpc) is 2.56. The number of aliphatic hydroxyl groups excluding tert-OH is 1. The van der Waals surface area contributed by atoms with Gasteiger partial charge in [0.25, 0.3) is 5.91 Å². The van der Waals surface area contributed by atoms with Crippen molar-refractivity contribution < 1.29 is 14.3 Å². The number of aliphatic hydroxyl groups is 1. The second-order valence-electron chi connectivity index (χ2n) is 4.51. The molecular weight excluding hydrogens is 362 g/mol. The van der Waals surface area contributed by atoms with Crippen molar-refractivity contribution in [2.75, 3.05) is 6.67 Å². The van der Waals surface area contributed by atoms with E-state index in [1.54, 1.807) is 29.7 Å². The van der Waals surface area contributed by atoms with E-state index in [4.69, 9.17) is 28.9 Å². The number of carbonyl (C=O) groups is 1. The number of nitrogens with one attached hydrogen (secondary N) is 1. The molecule has 4 nitrogen and oxygen atoms in total. The summed E-state index contributed by atoms with van der Waals surface area (Å²) in [5, 5.41) is 14.1. The van der Waals surface area contributed by atoms with Gasteiger partial charge in [-0.2, -0.15) is 0 Å². The van der Waals surface area contributed by atoms with Crippen LogP contribution in [0.5, 0.6) is 0 Å². The van der Waals surface area contributed by atoms with E-state index < -0.39 is 29.6 Å². The minimum absolute atomic E-state index is 0.449. The first-order valence-electron chi connectivity index (χ1n) is 6.56. The summed E-state index contributed by atoms with van der Waals surface area (Å²) in [6.45, 7) is 2.94. The monoisotopic (exact) mass is 378 g/mol. The normalized spacial score (nSPS) is 14.0. The van der Waals surface area contributed by atoms with Crippen LogP contribution < -0.4 is 11.1 Å².